The summed E-state index contributed by atoms with van der Waals surface area (Å²) in [6, 6.07) is 12.4. The molecule has 0 radical (unpaired) electrons. The summed E-state index contributed by atoms with van der Waals surface area (Å²) < 4.78 is 10.7. The molecule has 35 heavy (non-hydrogen) atoms. The minimum absolute atomic E-state index is 0.152. The largest absolute Gasteiger partial charge is 0.493 e. The molecule has 184 valence electrons. The first-order chi connectivity index (χ1) is 16.9. The van der Waals surface area contributed by atoms with E-state index in [1.54, 1.807) is 20.3 Å². The fourth-order valence-electron chi connectivity index (χ4n) is 5.62. The van der Waals surface area contributed by atoms with Gasteiger partial charge in [-0.05, 0) is 49.2 Å². The first kappa shape index (κ1) is 23.2. The molecule has 2 aromatic carbocycles. The average molecular weight is 479 g/mol. The molecule has 9 nitrogen and oxygen atoms in total. The van der Waals surface area contributed by atoms with Crippen LogP contribution in [0.4, 0.5) is 10.5 Å². The number of benzene rings is 2. The normalized spacial score (nSPS) is 24.2. The highest BCUT2D eigenvalue weighted by atomic mass is 16.5. The standard InChI is InChI=1S/C26H30N4O5/c1-28-12-13-29-19-7-5-4-6-18(19)15-26(22(29)16-28)23(31)27-25(33)30(24(26)32)11-10-17-8-9-20(34-2)21(14-17)35-3/h4-9,14,22H,10-13,15-16H2,1-3H3,(H,27,31,33)/t22-,26+/m1/s1. The molecule has 0 aliphatic carbocycles. The number of fused-ring (bicyclic) bond motifs is 4. The van der Waals surface area contributed by atoms with Gasteiger partial charge in [-0.25, -0.2) is 4.79 Å². The number of nitrogens with zero attached hydrogens (tertiary/aromatic N) is 3. The van der Waals surface area contributed by atoms with E-state index in [9.17, 15) is 14.4 Å². The fourth-order valence-corrected chi connectivity index (χ4v) is 5.62. The van der Waals surface area contributed by atoms with Crippen molar-refractivity contribution < 1.29 is 23.9 Å². The molecule has 0 saturated carbocycles. The molecule has 1 spiro atoms. The van der Waals surface area contributed by atoms with Crippen LogP contribution in [0.5, 0.6) is 11.5 Å². The lowest BCUT2D eigenvalue weighted by molar-refractivity contribution is -0.154. The second-order valence-electron chi connectivity index (χ2n) is 9.40. The monoisotopic (exact) mass is 478 g/mol. The molecule has 1 N–H and O–H groups in total. The number of anilines is 1. The molecule has 5 rings (SSSR count). The van der Waals surface area contributed by atoms with Crippen LogP contribution in [0.15, 0.2) is 42.5 Å². The number of nitrogens with one attached hydrogen (secondary N) is 1. The van der Waals surface area contributed by atoms with E-state index < -0.39 is 23.3 Å². The summed E-state index contributed by atoms with van der Waals surface area (Å²) in [7, 11) is 5.13. The number of barbiturate groups is 1. The number of para-hydroxylation sites is 1. The number of urea groups is 1. The molecule has 2 aromatic rings. The molecule has 2 atom stereocenters. The highest BCUT2D eigenvalue weighted by Crippen LogP contribution is 2.45. The predicted molar refractivity (Wildman–Crippen MR) is 130 cm³/mol. The second kappa shape index (κ2) is 8.88. The zero-order chi connectivity index (χ0) is 24.7. The number of piperazine rings is 1. The number of likely N-dealkylation sites (N-methyl/N-ethyl adjacent to an activating group) is 1. The molecule has 0 unspecified atom stereocenters. The summed E-state index contributed by atoms with van der Waals surface area (Å²) >= 11 is 0. The minimum Gasteiger partial charge on any atom is -0.493 e. The summed E-state index contributed by atoms with van der Waals surface area (Å²) in [6.45, 7) is 2.25. The van der Waals surface area contributed by atoms with E-state index >= 15 is 0 Å². The zero-order valence-electron chi connectivity index (χ0n) is 20.2. The summed E-state index contributed by atoms with van der Waals surface area (Å²) in [5.41, 5.74) is 1.54. The smallest absolute Gasteiger partial charge is 0.330 e. The van der Waals surface area contributed by atoms with Crippen LogP contribution in [0.3, 0.4) is 0 Å². The number of carbonyl (C=O) groups excluding carboxylic acids is 3. The van der Waals surface area contributed by atoms with Crippen LogP contribution in [0.25, 0.3) is 0 Å². The number of ether oxygens (including phenoxy) is 2. The number of hydrogen-bond donors (Lipinski definition) is 1. The Bertz CT molecular complexity index is 1180. The van der Waals surface area contributed by atoms with Crippen molar-refractivity contribution in [3.63, 3.8) is 0 Å². The van der Waals surface area contributed by atoms with Gasteiger partial charge in [0.2, 0.25) is 11.8 Å². The van der Waals surface area contributed by atoms with E-state index in [0.717, 1.165) is 23.4 Å². The third kappa shape index (κ3) is 3.70. The van der Waals surface area contributed by atoms with Crippen LogP contribution in [-0.2, 0) is 22.4 Å². The number of carbonyl (C=O) groups is 3. The van der Waals surface area contributed by atoms with E-state index in [4.69, 9.17) is 9.47 Å². The van der Waals surface area contributed by atoms with Crippen LogP contribution < -0.4 is 19.7 Å². The summed E-state index contributed by atoms with van der Waals surface area (Å²) in [5.74, 6) is 0.256. The Morgan fingerprint density at radius 3 is 2.57 bits per heavy atom. The van der Waals surface area contributed by atoms with Gasteiger partial charge in [-0.1, -0.05) is 24.3 Å². The van der Waals surface area contributed by atoms with Crippen molar-refractivity contribution in [3.05, 3.63) is 53.6 Å². The Balaban J connectivity index is 1.47. The molecule has 4 amide bonds. The number of imide groups is 2. The molecular formula is C26H30N4O5. The van der Waals surface area contributed by atoms with Crippen molar-refractivity contribution >= 4 is 23.5 Å². The molecular weight excluding hydrogens is 448 g/mol. The highest BCUT2D eigenvalue weighted by molar-refractivity contribution is 6.20. The van der Waals surface area contributed by atoms with Gasteiger partial charge in [-0.2, -0.15) is 0 Å². The quantitative estimate of drug-likeness (QED) is 0.654. The van der Waals surface area contributed by atoms with Crippen LogP contribution in [0, 0.1) is 5.41 Å². The highest BCUT2D eigenvalue weighted by Gasteiger charge is 2.62. The lowest BCUT2D eigenvalue weighted by atomic mass is 9.67. The third-order valence-electron chi connectivity index (χ3n) is 7.49. The van der Waals surface area contributed by atoms with E-state index in [1.165, 1.54) is 4.90 Å². The number of rotatable bonds is 5. The Labute approximate surface area is 204 Å². The maximum atomic E-state index is 14.1. The van der Waals surface area contributed by atoms with Gasteiger partial charge < -0.3 is 19.3 Å². The van der Waals surface area contributed by atoms with E-state index in [2.05, 4.69) is 15.1 Å². The van der Waals surface area contributed by atoms with Gasteiger partial charge in [0.1, 0.15) is 0 Å². The maximum Gasteiger partial charge on any atom is 0.330 e. The first-order valence-corrected chi connectivity index (χ1v) is 11.8. The second-order valence-corrected chi connectivity index (χ2v) is 9.40. The number of hydrogen-bond acceptors (Lipinski definition) is 7. The Morgan fingerprint density at radius 2 is 1.80 bits per heavy atom. The molecule has 0 bridgehead atoms. The van der Waals surface area contributed by atoms with Crippen molar-refractivity contribution in [2.24, 2.45) is 5.41 Å². The van der Waals surface area contributed by atoms with Gasteiger partial charge >= 0.3 is 6.03 Å². The van der Waals surface area contributed by atoms with Crippen molar-refractivity contribution in [2.75, 3.05) is 52.3 Å². The number of amides is 4. The lowest BCUT2D eigenvalue weighted by Crippen LogP contribution is -2.75. The van der Waals surface area contributed by atoms with E-state index in [1.807, 2.05) is 43.4 Å². The fraction of sp³-hybridized carbons (Fsp3) is 0.423. The zero-order valence-corrected chi connectivity index (χ0v) is 20.2. The summed E-state index contributed by atoms with van der Waals surface area (Å²) in [5, 5.41) is 2.51. The molecule has 2 saturated heterocycles. The van der Waals surface area contributed by atoms with Crippen molar-refractivity contribution in [1.29, 1.82) is 0 Å². The molecule has 3 heterocycles. The molecule has 9 heteroatoms. The number of methoxy groups -OCH3 is 2. The van der Waals surface area contributed by atoms with Gasteiger partial charge in [-0.3, -0.25) is 19.8 Å². The molecule has 0 aromatic heterocycles. The SMILES string of the molecule is COc1ccc(CCN2C(=O)NC(=O)[C@@]3(Cc4ccccc4N4CCN(C)C[C@@H]43)C2=O)cc1OC. The Kier molecular flexibility index (Phi) is 5.88. The Hall–Kier alpha value is -3.59. The summed E-state index contributed by atoms with van der Waals surface area (Å²) in [4.78, 5) is 46.0. The van der Waals surface area contributed by atoms with Gasteiger partial charge in [0.05, 0.1) is 20.3 Å². The van der Waals surface area contributed by atoms with Crippen molar-refractivity contribution in [2.45, 2.75) is 18.9 Å². The van der Waals surface area contributed by atoms with Crippen molar-refractivity contribution in [1.82, 2.24) is 15.1 Å². The predicted octanol–water partition coefficient (Wildman–Crippen LogP) is 1.69. The van der Waals surface area contributed by atoms with Crippen LogP contribution in [-0.4, -0.2) is 81.1 Å². The average Bonchev–Trinajstić information content (AvgIpc) is 2.87. The van der Waals surface area contributed by atoms with Crippen molar-refractivity contribution in [3.8, 4) is 11.5 Å². The van der Waals surface area contributed by atoms with Gasteiger partial charge in [0, 0.05) is 31.9 Å². The van der Waals surface area contributed by atoms with Gasteiger partial charge in [0.15, 0.2) is 16.9 Å². The lowest BCUT2D eigenvalue weighted by Gasteiger charge is -2.55. The van der Waals surface area contributed by atoms with Crippen LogP contribution in [0.1, 0.15) is 11.1 Å². The maximum absolute atomic E-state index is 14.1. The third-order valence-corrected chi connectivity index (χ3v) is 7.49. The van der Waals surface area contributed by atoms with Gasteiger partial charge in [0.25, 0.3) is 0 Å². The molecule has 2 fully saturated rings. The van der Waals surface area contributed by atoms with Crippen LogP contribution in [0.2, 0.25) is 0 Å². The van der Waals surface area contributed by atoms with Gasteiger partial charge in [-0.15, -0.1) is 0 Å². The van der Waals surface area contributed by atoms with Crippen LogP contribution >= 0.6 is 0 Å². The van der Waals surface area contributed by atoms with E-state index in [-0.39, 0.29) is 19.0 Å². The Morgan fingerprint density at radius 1 is 1.03 bits per heavy atom. The van der Waals surface area contributed by atoms with E-state index in [0.29, 0.717) is 31.0 Å². The minimum atomic E-state index is -1.37. The topological polar surface area (TPSA) is 91.4 Å². The molecule has 3 aliphatic heterocycles. The first-order valence-electron chi connectivity index (χ1n) is 11.8. The molecule has 3 aliphatic rings. The summed E-state index contributed by atoms with van der Waals surface area (Å²) in [6.07, 6.45) is 0.692.